The Hall–Kier alpha value is -2.74. The van der Waals surface area contributed by atoms with E-state index >= 15 is 0 Å². The molecule has 0 bridgehead atoms. The van der Waals surface area contributed by atoms with Gasteiger partial charge in [-0.1, -0.05) is 18.2 Å². The Morgan fingerprint density at radius 1 is 0.829 bits per heavy atom. The highest BCUT2D eigenvalue weighted by Crippen LogP contribution is 2.26. The first-order valence-electron chi connectivity index (χ1n) is 12.5. The van der Waals surface area contributed by atoms with Gasteiger partial charge in [-0.2, -0.15) is 0 Å². The third-order valence-electron chi connectivity index (χ3n) is 6.32. The maximum atomic E-state index is 11.9. The van der Waals surface area contributed by atoms with Crippen molar-refractivity contribution in [2.24, 2.45) is 0 Å². The van der Waals surface area contributed by atoms with Crippen molar-refractivity contribution in [2.75, 3.05) is 70.8 Å². The van der Waals surface area contributed by atoms with Gasteiger partial charge in [-0.25, -0.2) is 9.37 Å². The number of aromatic nitrogens is 1. The van der Waals surface area contributed by atoms with E-state index in [0.29, 0.717) is 32.5 Å². The Morgan fingerprint density at radius 3 is 2.26 bits per heavy atom. The molecule has 2 aromatic carbocycles. The van der Waals surface area contributed by atoms with E-state index in [2.05, 4.69) is 60.0 Å². The summed E-state index contributed by atoms with van der Waals surface area (Å²) in [5, 5.41) is 1.03. The van der Waals surface area contributed by atoms with E-state index in [-0.39, 0.29) is 6.61 Å². The standard InChI is InChI=1S/C28H36FN3O3/c1-22(2)31-12-14-32(15-13-31)25-6-3-23(4-7-25)27-9-5-24-21-26(8-10-28(24)30-27)35-20-19-34-18-17-33-16-11-29/h3-10,21-22H,11-20H2,1-2H3. The quantitative estimate of drug-likeness (QED) is 0.346. The largest absolute Gasteiger partial charge is 0.491 e. The van der Waals surface area contributed by atoms with Crippen molar-refractivity contribution in [1.82, 2.24) is 9.88 Å². The molecule has 0 atom stereocenters. The van der Waals surface area contributed by atoms with Gasteiger partial charge in [0.15, 0.2) is 0 Å². The summed E-state index contributed by atoms with van der Waals surface area (Å²) in [6.45, 7) is 10.3. The fraction of sp³-hybridized carbons (Fsp3) is 0.464. The van der Waals surface area contributed by atoms with Crippen LogP contribution in [0, 0.1) is 0 Å². The molecule has 0 amide bonds. The molecule has 2 heterocycles. The zero-order valence-electron chi connectivity index (χ0n) is 20.8. The first-order chi connectivity index (χ1) is 17.1. The number of nitrogens with zero attached hydrogens (tertiary/aromatic N) is 3. The molecule has 7 heteroatoms. The highest BCUT2D eigenvalue weighted by atomic mass is 19.1. The number of anilines is 1. The van der Waals surface area contributed by atoms with Gasteiger partial charge in [0.25, 0.3) is 0 Å². The van der Waals surface area contributed by atoms with Crippen LogP contribution in [0.3, 0.4) is 0 Å². The van der Waals surface area contributed by atoms with Crippen LogP contribution in [0.2, 0.25) is 0 Å². The van der Waals surface area contributed by atoms with Crippen LogP contribution in [0.15, 0.2) is 54.6 Å². The number of rotatable bonds is 12. The van der Waals surface area contributed by atoms with Crippen molar-refractivity contribution >= 4 is 16.6 Å². The molecule has 6 nitrogen and oxygen atoms in total. The highest BCUT2D eigenvalue weighted by molar-refractivity contribution is 5.83. The molecule has 1 fully saturated rings. The van der Waals surface area contributed by atoms with Crippen molar-refractivity contribution in [3.05, 3.63) is 54.6 Å². The van der Waals surface area contributed by atoms with E-state index in [1.807, 2.05) is 18.2 Å². The summed E-state index contributed by atoms with van der Waals surface area (Å²) < 4.78 is 28.2. The predicted octanol–water partition coefficient (Wildman–Crippen LogP) is 4.81. The third-order valence-corrected chi connectivity index (χ3v) is 6.32. The highest BCUT2D eigenvalue weighted by Gasteiger charge is 2.19. The van der Waals surface area contributed by atoms with Crippen LogP contribution in [-0.4, -0.2) is 81.8 Å². The van der Waals surface area contributed by atoms with Crippen molar-refractivity contribution in [2.45, 2.75) is 19.9 Å². The lowest BCUT2D eigenvalue weighted by Crippen LogP contribution is -2.48. The number of hydrogen-bond acceptors (Lipinski definition) is 6. The third kappa shape index (κ3) is 7.13. The molecule has 4 rings (SSSR count). The van der Waals surface area contributed by atoms with Gasteiger partial charge in [-0.05, 0) is 50.2 Å². The molecule has 0 saturated carbocycles. The lowest BCUT2D eigenvalue weighted by molar-refractivity contribution is 0.0325. The first-order valence-corrected chi connectivity index (χ1v) is 12.5. The summed E-state index contributed by atoms with van der Waals surface area (Å²) in [7, 11) is 0. The maximum absolute atomic E-state index is 11.9. The van der Waals surface area contributed by atoms with Crippen molar-refractivity contribution in [3.8, 4) is 17.0 Å². The molecule has 0 N–H and O–H groups in total. The number of benzene rings is 2. The Kier molecular flexibility index (Phi) is 9.28. The Balaban J connectivity index is 1.30. The molecule has 3 aromatic rings. The van der Waals surface area contributed by atoms with Crippen molar-refractivity contribution in [1.29, 1.82) is 0 Å². The van der Waals surface area contributed by atoms with Crippen molar-refractivity contribution < 1.29 is 18.6 Å². The van der Waals surface area contributed by atoms with Crippen LogP contribution < -0.4 is 9.64 Å². The molecule has 1 aromatic heterocycles. The van der Waals surface area contributed by atoms with E-state index in [4.69, 9.17) is 19.2 Å². The summed E-state index contributed by atoms with van der Waals surface area (Å²) in [5.74, 6) is 0.784. The SMILES string of the molecule is CC(C)N1CCN(c2ccc(-c3ccc4cc(OCCOCCOCCF)ccc4n3)cc2)CC1. The van der Waals surface area contributed by atoms with Crippen LogP contribution in [0.1, 0.15) is 13.8 Å². The monoisotopic (exact) mass is 481 g/mol. The molecule has 0 unspecified atom stereocenters. The molecule has 1 aliphatic rings. The minimum atomic E-state index is -0.468. The number of fused-ring (bicyclic) bond motifs is 1. The Labute approximate surface area is 207 Å². The summed E-state index contributed by atoms with van der Waals surface area (Å²) >= 11 is 0. The lowest BCUT2D eigenvalue weighted by atomic mass is 10.1. The van der Waals surface area contributed by atoms with Crippen LogP contribution in [0.5, 0.6) is 5.75 Å². The van der Waals surface area contributed by atoms with E-state index in [1.165, 1.54) is 5.69 Å². The number of pyridine rings is 1. The number of halogens is 1. The van der Waals surface area contributed by atoms with Crippen LogP contribution in [-0.2, 0) is 9.47 Å². The lowest BCUT2D eigenvalue weighted by Gasteiger charge is -2.38. The smallest absolute Gasteiger partial charge is 0.120 e. The number of alkyl halides is 1. The van der Waals surface area contributed by atoms with Crippen LogP contribution in [0.25, 0.3) is 22.2 Å². The summed E-state index contributed by atoms with van der Waals surface area (Å²) in [5.41, 5.74) is 4.29. The predicted molar refractivity (Wildman–Crippen MR) is 139 cm³/mol. The van der Waals surface area contributed by atoms with E-state index in [1.54, 1.807) is 0 Å². The average molecular weight is 482 g/mol. The topological polar surface area (TPSA) is 47.1 Å². The zero-order valence-corrected chi connectivity index (χ0v) is 20.8. The second-order valence-corrected chi connectivity index (χ2v) is 8.98. The normalized spacial score (nSPS) is 14.7. The second-order valence-electron chi connectivity index (χ2n) is 8.98. The maximum Gasteiger partial charge on any atom is 0.120 e. The van der Waals surface area contributed by atoms with Crippen LogP contribution >= 0.6 is 0 Å². The van der Waals surface area contributed by atoms with Crippen molar-refractivity contribution in [3.63, 3.8) is 0 Å². The average Bonchev–Trinajstić information content (AvgIpc) is 2.90. The molecular formula is C28H36FN3O3. The molecule has 0 aliphatic carbocycles. The number of ether oxygens (including phenoxy) is 3. The van der Waals surface area contributed by atoms with E-state index in [9.17, 15) is 4.39 Å². The molecule has 0 radical (unpaired) electrons. The molecule has 188 valence electrons. The summed E-state index contributed by atoms with van der Waals surface area (Å²) in [4.78, 5) is 9.85. The zero-order chi connectivity index (χ0) is 24.5. The minimum absolute atomic E-state index is 0.119. The first kappa shape index (κ1) is 25.4. The van der Waals surface area contributed by atoms with E-state index in [0.717, 1.165) is 54.1 Å². The minimum Gasteiger partial charge on any atom is -0.491 e. The second kappa shape index (κ2) is 12.8. The van der Waals surface area contributed by atoms with Gasteiger partial charge in [-0.3, -0.25) is 4.90 Å². The molecule has 1 saturated heterocycles. The fourth-order valence-corrected chi connectivity index (χ4v) is 4.29. The van der Waals surface area contributed by atoms with Gasteiger partial charge in [-0.15, -0.1) is 0 Å². The number of hydrogen-bond donors (Lipinski definition) is 0. The van der Waals surface area contributed by atoms with Gasteiger partial charge < -0.3 is 19.1 Å². The number of piperazine rings is 1. The molecular weight excluding hydrogens is 445 g/mol. The molecule has 35 heavy (non-hydrogen) atoms. The van der Waals surface area contributed by atoms with Gasteiger partial charge in [0, 0.05) is 48.9 Å². The molecule has 0 spiro atoms. The fourth-order valence-electron chi connectivity index (χ4n) is 4.29. The van der Waals surface area contributed by atoms with Gasteiger partial charge >= 0.3 is 0 Å². The molecule has 1 aliphatic heterocycles. The van der Waals surface area contributed by atoms with Gasteiger partial charge in [0.2, 0.25) is 0 Å². The summed E-state index contributed by atoms with van der Waals surface area (Å²) in [6, 6.07) is 19.4. The summed E-state index contributed by atoms with van der Waals surface area (Å²) in [6.07, 6.45) is 0. The Bertz CT molecular complexity index is 1050. The van der Waals surface area contributed by atoms with E-state index < -0.39 is 6.67 Å². The van der Waals surface area contributed by atoms with Gasteiger partial charge in [0.1, 0.15) is 19.0 Å². The van der Waals surface area contributed by atoms with Crippen LogP contribution in [0.4, 0.5) is 10.1 Å². The Morgan fingerprint density at radius 2 is 1.54 bits per heavy atom. The van der Waals surface area contributed by atoms with Gasteiger partial charge in [0.05, 0.1) is 37.6 Å².